The van der Waals surface area contributed by atoms with Crippen molar-refractivity contribution in [3.63, 3.8) is 0 Å². The maximum absolute atomic E-state index is 4.94. The van der Waals surface area contributed by atoms with E-state index in [0.717, 1.165) is 13.2 Å². The predicted molar refractivity (Wildman–Crippen MR) is 66.2 cm³/mol. The Kier molecular flexibility index (Phi) is 17.9. The van der Waals surface area contributed by atoms with E-state index in [4.69, 9.17) is 21.8 Å². The molecule has 1 heterocycles. The third-order valence-corrected chi connectivity index (χ3v) is 1.72. The second kappa shape index (κ2) is 16.4. The van der Waals surface area contributed by atoms with E-state index in [1.807, 2.05) is 51.4 Å². The van der Waals surface area contributed by atoms with Gasteiger partial charge in [-0.1, -0.05) is 0 Å². The van der Waals surface area contributed by atoms with Gasteiger partial charge < -0.3 is 4.74 Å². The van der Waals surface area contributed by atoms with Crippen LogP contribution in [0.5, 0.6) is 0 Å². The topological polar surface area (TPSA) is 9.23 Å². The molecule has 2 aliphatic rings. The molecule has 1 saturated carbocycles. The van der Waals surface area contributed by atoms with Crippen LogP contribution < -0.4 is 0 Å². The molecular formula is C12H16Cl2OZr. The van der Waals surface area contributed by atoms with Crippen LogP contribution in [0.25, 0.3) is 0 Å². The molecule has 0 spiro atoms. The Morgan fingerprint density at radius 3 is 1.06 bits per heavy atom. The minimum atomic E-state index is -0.826. The van der Waals surface area contributed by atoms with Crippen molar-refractivity contribution in [1.82, 2.24) is 0 Å². The van der Waals surface area contributed by atoms with Crippen molar-refractivity contribution in [1.29, 1.82) is 0 Å². The number of hydrogen-bond donors (Lipinski definition) is 0. The summed E-state index contributed by atoms with van der Waals surface area (Å²) < 4.78 is 4.94. The van der Waals surface area contributed by atoms with Crippen molar-refractivity contribution in [3.8, 4) is 0 Å². The van der Waals surface area contributed by atoms with Crippen molar-refractivity contribution >= 4 is 17.0 Å². The van der Waals surface area contributed by atoms with Crippen molar-refractivity contribution in [2.45, 2.75) is 12.8 Å². The molecular weight excluding hydrogens is 322 g/mol. The first kappa shape index (κ1) is 17.4. The van der Waals surface area contributed by atoms with Crippen molar-refractivity contribution in [2.75, 3.05) is 13.2 Å². The SMILES string of the molecule is C1CCOC1.[CH]1[CH][CH][CH][CH][CH][CH][CH]1.[Cl][Zr][Cl]. The van der Waals surface area contributed by atoms with Gasteiger partial charge in [0.25, 0.3) is 0 Å². The van der Waals surface area contributed by atoms with Crippen molar-refractivity contribution in [3.05, 3.63) is 51.4 Å². The van der Waals surface area contributed by atoms with Crippen LogP contribution in [0.3, 0.4) is 0 Å². The average molecular weight is 338 g/mol. The summed E-state index contributed by atoms with van der Waals surface area (Å²) >= 11 is -0.826. The number of ether oxygens (including phenoxy) is 1. The summed E-state index contributed by atoms with van der Waals surface area (Å²) in [4.78, 5) is 0. The maximum atomic E-state index is 4.94. The van der Waals surface area contributed by atoms with E-state index in [-0.39, 0.29) is 0 Å². The Morgan fingerprint density at radius 1 is 0.688 bits per heavy atom. The van der Waals surface area contributed by atoms with Crippen molar-refractivity contribution < 1.29 is 25.6 Å². The molecule has 0 amide bonds. The van der Waals surface area contributed by atoms with E-state index in [1.165, 1.54) is 12.8 Å². The van der Waals surface area contributed by atoms with Gasteiger partial charge >= 0.3 is 37.9 Å². The molecule has 2 fully saturated rings. The van der Waals surface area contributed by atoms with Crippen LogP contribution in [-0.2, 0) is 25.6 Å². The van der Waals surface area contributed by atoms with Gasteiger partial charge in [-0.2, -0.15) is 0 Å². The molecule has 1 aliphatic carbocycles. The van der Waals surface area contributed by atoms with Crippen molar-refractivity contribution in [2.24, 2.45) is 0 Å². The molecule has 88 valence electrons. The molecule has 0 unspecified atom stereocenters. The Balaban J connectivity index is 0.000000241. The third-order valence-electron chi connectivity index (χ3n) is 1.72. The summed E-state index contributed by atoms with van der Waals surface area (Å²) in [6.07, 6.45) is 18.6. The summed E-state index contributed by atoms with van der Waals surface area (Å²) in [6.45, 7) is 2.00. The fourth-order valence-electron chi connectivity index (χ4n) is 1.02. The van der Waals surface area contributed by atoms with Gasteiger partial charge in [-0.05, 0) is 64.2 Å². The Morgan fingerprint density at radius 2 is 0.938 bits per heavy atom. The average Bonchev–Trinajstić information content (AvgIpc) is 2.74. The minimum absolute atomic E-state index is 0.826. The second-order valence-electron chi connectivity index (χ2n) is 2.93. The van der Waals surface area contributed by atoms with Crippen LogP contribution in [0.1, 0.15) is 12.8 Å². The molecule has 1 nitrogen and oxygen atoms in total. The Labute approximate surface area is 119 Å². The van der Waals surface area contributed by atoms with Gasteiger partial charge in [-0.3, -0.25) is 0 Å². The zero-order valence-electron chi connectivity index (χ0n) is 9.11. The van der Waals surface area contributed by atoms with Gasteiger partial charge in [0.1, 0.15) is 0 Å². The van der Waals surface area contributed by atoms with E-state index < -0.39 is 20.8 Å². The normalized spacial score (nSPS) is 20.4. The Bertz CT molecular complexity index is 90.0. The number of rotatable bonds is 0. The number of halogens is 2. The fraction of sp³-hybridized carbons (Fsp3) is 0.333. The quantitative estimate of drug-likeness (QED) is 0.653. The van der Waals surface area contributed by atoms with Crippen LogP contribution >= 0.6 is 17.0 Å². The number of hydrogen-bond acceptors (Lipinski definition) is 1. The molecule has 4 heteroatoms. The van der Waals surface area contributed by atoms with Gasteiger partial charge in [0.15, 0.2) is 0 Å². The third kappa shape index (κ3) is 15.4. The van der Waals surface area contributed by atoms with Gasteiger partial charge in [0.2, 0.25) is 0 Å². The molecule has 2 rings (SSSR count). The molecule has 1 saturated heterocycles. The predicted octanol–water partition coefficient (Wildman–Crippen LogP) is 3.81. The second-order valence-corrected chi connectivity index (χ2v) is 6.66. The molecule has 16 heavy (non-hydrogen) atoms. The Hall–Kier alpha value is 1.42. The monoisotopic (exact) mass is 336 g/mol. The molecule has 0 atom stereocenters. The van der Waals surface area contributed by atoms with E-state index in [0.29, 0.717) is 0 Å². The van der Waals surface area contributed by atoms with Gasteiger partial charge in [-0.15, -0.1) is 0 Å². The molecule has 1 aliphatic heterocycles. The summed E-state index contributed by atoms with van der Waals surface area (Å²) in [6, 6.07) is 0. The van der Waals surface area contributed by atoms with Gasteiger partial charge in [0.05, 0.1) is 0 Å². The zero-order chi connectivity index (χ0) is 11.9. The first-order valence-corrected chi connectivity index (χ1v) is 11.5. The first-order valence-electron chi connectivity index (χ1n) is 5.12. The van der Waals surface area contributed by atoms with E-state index in [9.17, 15) is 0 Å². The summed E-state index contributed by atoms with van der Waals surface area (Å²) in [7, 11) is 9.87. The summed E-state index contributed by atoms with van der Waals surface area (Å²) in [5.74, 6) is 0. The first-order chi connectivity index (χ1) is 7.91. The van der Waals surface area contributed by atoms with E-state index in [2.05, 4.69) is 0 Å². The summed E-state index contributed by atoms with van der Waals surface area (Å²) in [5, 5.41) is 0. The van der Waals surface area contributed by atoms with E-state index in [1.54, 1.807) is 0 Å². The molecule has 0 bridgehead atoms. The molecule has 8 radical (unpaired) electrons. The van der Waals surface area contributed by atoms with Crippen LogP contribution in [0.4, 0.5) is 0 Å². The van der Waals surface area contributed by atoms with Gasteiger partial charge in [-0.25, -0.2) is 0 Å². The molecule has 0 aromatic rings. The van der Waals surface area contributed by atoms with Crippen LogP contribution in [0, 0.1) is 51.4 Å². The fourth-order valence-corrected chi connectivity index (χ4v) is 1.02. The van der Waals surface area contributed by atoms with Gasteiger partial charge in [0, 0.05) is 13.2 Å². The van der Waals surface area contributed by atoms with E-state index >= 15 is 0 Å². The summed E-state index contributed by atoms with van der Waals surface area (Å²) in [5.41, 5.74) is 0. The standard InChI is InChI=1S/C8H8.C4H8O.2ClH.Zr/c1-2-4-6-8-7-5-3-1;1-2-4-5-3-1;;;/h1-8H;1-4H2;2*1H;/q;;;;+2/p-2. The van der Waals surface area contributed by atoms with Crippen LogP contribution in [0.2, 0.25) is 0 Å². The molecule has 0 aromatic carbocycles. The van der Waals surface area contributed by atoms with Crippen LogP contribution in [-0.4, -0.2) is 13.2 Å². The van der Waals surface area contributed by atoms with Crippen LogP contribution in [0.15, 0.2) is 0 Å². The molecule has 0 N–H and O–H groups in total. The molecule has 0 aromatic heterocycles. The zero-order valence-corrected chi connectivity index (χ0v) is 13.1.